The Morgan fingerprint density at radius 1 is 1.03 bits per heavy atom. The molecule has 4 rings (SSSR count). The molecule has 142 valence electrons. The van der Waals surface area contributed by atoms with Gasteiger partial charge in [-0.1, -0.05) is 12.1 Å². The second-order valence-electron chi connectivity index (χ2n) is 6.38. The van der Waals surface area contributed by atoms with Crippen molar-refractivity contribution < 1.29 is 4.74 Å². The zero-order valence-corrected chi connectivity index (χ0v) is 16.2. The van der Waals surface area contributed by atoms with Crippen LogP contribution in [0.3, 0.4) is 0 Å². The molecule has 0 aliphatic rings. The average molecular weight is 381 g/mol. The van der Waals surface area contributed by atoms with E-state index in [4.69, 9.17) is 9.72 Å². The van der Waals surface area contributed by atoms with Crippen LogP contribution in [0.15, 0.2) is 60.9 Å². The van der Waals surface area contributed by atoms with Crippen molar-refractivity contribution in [2.45, 2.75) is 6.92 Å². The monoisotopic (exact) mass is 381 g/mol. The number of pyridine rings is 1. The molecule has 2 aromatic carbocycles. The Bertz CT molecular complexity index is 1220. The molecule has 2 heterocycles. The first-order valence-corrected chi connectivity index (χ1v) is 9.30. The van der Waals surface area contributed by atoms with Crippen LogP contribution >= 0.6 is 0 Å². The molecule has 6 nitrogen and oxygen atoms in total. The second-order valence-corrected chi connectivity index (χ2v) is 6.38. The molecule has 0 aliphatic carbocycles. The highest BCUT2D eigenvalue weighted by Crippen LogP contribution is 2.36. The van der Waals surface area contributed by atoms with Crippen LogP contribution in [-0.4, -0.2) is 28.6 Å². The fourth-order valence-electron chi connectivity index (χ4n) is 3.22. The van der Waals surface area contributed by atoms with Crippen LogP contribution in [0.2, 0.25) is 0 Å². The molecule has 0 unspecified atom stereocenters. The molecule has 0 amide bonds. The lowest BCUT2D eigenvalue weighted by Gasteiger charge is -2.14. The van der Waals surface area contributed by atoms with E-state index in [0.717, 1.165) is 27.6 Å². The van der Waals surface area contributed by atoms with Gasteiger partial charge in [0.2, 0.25) is 0 Å². The number of hydrogen-bond donors (Lipinski definition) is 1. The van der Waals surface area contributed by atoms with E-state index in [2.05, 4.69) is 21.4 Å². The van der Waals surface area contributed by atoms with Crippen molar-refractivity contribution in [3.8, 4) is 34.3 Å². The third-order valence-electron chi connectivity index (χ3n) is 4.55. The van der Waals surface area contributed by atoms with E-state index in [0.29, 0.717) is 29.6 Å². The summed E-state index contributed by atoms with van der Waals surface area (Å²) in [6.07, 6.45) is 3.46. The Labute approximate surface area is 168 Å². The van der Waals surface area contributed by atoms with Crippen molar-refractivity contribution in [2.24, 2.45) is 0 Å². The Morgan fingerprint density at radius 2 is 1.90 bits per heavy atom. The van der Waals surface area contributed by atoms with Crippen LogP contribution in [0, 0.1) is 11.3 Å². The van der Waals surface area contributed by atoms with E-state index in [1.165, 1.54) is 0 Å². The quantitative estimate of drug-likeness (QED) is 0.541. The summed E-state index contributed by atoms with van der Waals surface area (Å²) in [6.45, 7) is 2.45. The molecule has 29 heavy (non-hydrogen) atoms. The molecule has 0 radical (unpaired) electrons. The van der Waals surface area contributed by atoms with Gasteiger partial charge in [-0.15, -0.1) is 0 Å². The third-order valence-corrected chi connectivity index (χ3v) is 4.55. The van der Waals surface area contributed by atoms with Gasteiger partial charge >= 0.3 is 0 Å². The standard InChI is InChI=1S/C23H19N5O/c1-3-29-20-12-18(16-7-4-6-15(10-16)13-24)11-19-21(20)27-22(28-23(19)25-2)17-8-5-9-26-14-17/h4-12,14H,3H2,1-2H3,(H,25,27,28). The minimum atomic E-state index is 0.512. The fraction of sp³-hybridized carbons (Fsp3) is 0.130. The summed E-state index contributed by atoms with van der Waals surface area (Å²) in [4.78, 5) is 13.6. The summed E-state index contributed by atoms with van der Waals surface area (Å²) in [6, 6.07) is 17.5. The van der Waals surface area contributed by atoms with Gasteiger partial charge in [-0.25, -0.2) is 9.97 Å². The first-order chi connectivity index (χ1) is 14.2. The van der Waals surface area contributed by atoms with Crippen LogP contribution in [0.25, 0.3) is 33.4 Å². The fourth-order valence-corrected chi connectivity index (χ4v) is 3.22. The average Bonchev–Trinajstić information content (AvgIpc) is 2.79. The predicted octanol–water partition coefficient (Wildman–Crippen LogP) is 4.67. The highest BCUT2D eigenvalue weighted by atomic mass is 16.5. The van der Waals surface area contributed by atoms with Crippen molar-refractivity contribution in [1.29, 1.82) is 5.26 Å². The number of fused-ring (bicyclic) bond motifs is 1. The van der Waals surface area contributed by atoms with Crippen molar-refractivity contribution in [1.82, 2.24) is 15.0 Å². The lowest BCUT2D eigenvalue weighted by molar-refractivity contribution is 0.344. The van der Waals surface area contributed by atoms with Crippen molar-refractivity contribution in [3.63, 3.8) is 0 Å². The Hall–Kier alpha value is -3.98. The highest BCUT2D eigenvalue weighted by molar-refractivity contribution is 5.97. The molecular formula is C23H19N5O. The number of benzene rings is 2. The second kappa shape index (κ2) is 7.95. The zero-order valence-electron chi connectivity index (χ0n) is 16.2. The molecular weight excluding hydrogens is 362 g/mol. The maximum absolute atomic E-state index is 9.23. The molecule has 2 aromatic heterocycles. The van der Waals surface area contributed by atoms with E-state index in [9.17, 15) is 5.26 Å². The van der Waals surface area contributed by atoms with Gasteiger partial charge < -0.3 is 10.1 Å². The number of ether oxygens (including phenoxy) is 1. The Morgan fingerprint density at radius 3 is 2.62 bits per heavy atom. The molecule has 0 saturated carbocycles. The minimum absolute atomic E-state index is 0.512. The van der Waals surface area contributed by atoms with Crippen molar-refractivity contribution in [3.05, 3.63) is 66.5 Å². The summed E-state index contributed by atoms with van der Waals surface area (Å²) in [5.74, 6) is 1.95. The van der Waals surface area contributed by atoms with E-state index < -0.39 is 0 Å². The van der Waals surface area contributed by atoms with E-state index in [1.54, 1.807) is 18.5 Å². The largest absolute Gasteiger partial charge is 0.492 e. The first-order valence-electron chi connectivity index (χ1n) is 9.30. The van der Waals surface area contributed by atoms with Gasteiger partial charge in [0.1, 0.15) is 17.1 Å². The van der Waals surface area contributed by atoms with Gasteiger partial charge in [-0.2, -0.15) is 5.26 Å². The molecule has 0 atom stereocenters. The van der Waals surface area contributed by atoms with Gasteiger partial charge in [0.15, 0.2) is 5.82 Å². The third kappa shape index (κ3) is 3.58. The van der Waals surface area contributed by atoms with Crippen molar-refractivity contribution >= 4 is 16.7 Å². The molecule has 6 heteroatoms. The molecule has 0 bridgehead atoms. The SMILES string of the molecule is CCOc1cc(-c2cccc(C#N)c2)cc2c(NC)nc(-c3cccnc3)nc12. The molecule has 0 aliphatic heterocycles. The van der Waals surface area contributed by atoms with Crippen LogP contribution < -0.4 is 10.1 Å². The summed E-state index contributed by atoms with van der Waals surface area (Å²) >= 11 is 0. The first kappa shape index (κ1) is 18.4. The molecule has 0 spiro atoms. The molecule has 0 fully saturated rings. The number of aromatic nitrogens is 3. The molecule has 0 saturated heterocycles. The van der Waals surface area contributed by atoms with Gasteiger partial charge in [-0.3, -0.25) is 4.98 Å². The molecule has 1 N–H and O–H groups in total. The van der Waals surface area contributed by atoms with Gasteiger partial charge in [-0.05, 0) is 54.4 Å². The number of nitriles is 1. The Balaban J connectivity index is 1.97. The lowest BCUT2D eigenvalue weighted by atomic mass is 10.0. The minimum Gasteiger partial charge on any atom is -0.492 e. The van der Waals surface area contributed by atoms with E-state index in [-0.39, 0.29) is 0 Å². The van der Waals surface area contributed by atoms with Gasteiger partial charge in [0.25, 0.3) is 0 Å². The van der Waals surface area contributed by atoms with Crippen LogP contribution in [-0.2, 0) is 0 Å². The van der Waals surface area contributed by atoms with Crippen LogP contribution in [0.4, 0.5) is 5.82 Å². The maximum atomic E-state index is 9.23. The predicted molar refractivity (Wildman–Crippen MR) is 114 cm³/mol. The van der Waals surface area contributed by atoms with Gasteiger partial charge in [0, 0.05) is 30.4 Å². The number of nitrogens with zero attached hydrogens (tertiary/aromatic N) is 4. The Kier molecular flexibility index (Phi) is 5.04. The normalized spacial score (nSPS) is 10.5. The zero-order chi connectivity index (χ0) is 20.2. The summed E-state index contributed by atoms with van der Waals surface area (Å²) < 4.78 is 5.93. The number of anilines is 1. The number of hydrogen-bond acceptors (Lipinski definition) is 6. The topological polar surface area (TPSA) is 83.7 Å². The lowest BCUT2D eigenvalue weighted by Crippen LogP contribution is -2.02. The summed E-state index contributed by atoms with van der Waals surface area (Å²) in [7, 11) is 1.83. The summed E-state index contributed by atoms with van der Waals surface area (Å²) in [5, 5.41) is 13.3. The van der Waals surface area contributed by atoms with E-state index in [1.807, 2.05) is 56.4 Å². The van der Waals surface area contributed by atoms with E-state index >= 15 is 0 Å². The molecule has 4 aromatic rings. The highest BCUT2D eigenvalue weighted by Gasteiger charge is 2.15. The number of rotatable bonds is 5. The summed E-state index contributed by atoms with van der Waals surface area (Å²) in [5.41, 5.74) is 4.04. The van der Waals surface area contributed by atoms with Gasteiger partial charge in [0.05, 0.1) is 18.2 Å². The maximum Gasteiger partial charge on any atom is 0.163 e. The number of nitrogens with one attached hydrogen (secondary N) is 1. The smallest absolute Gasteiger partial charge is 0.163 e. The van der Waals surface area contributed by atoms with Crippen molar-refractivity contribution in [2.75, 3.05) is 19.0 Å². The van der Waals surface area contributed by atoms with Crippen LogP contribution in [0.5, 0.6) is 5.75 Å². The van der Waals surface area contributed by atoms with Crippen LogP contribution in [0.1, 0.15) is 12.5 Å².